The van der Waals surface area contributed by atoms with Crippen LogP contribution in [0.4, 0.5) is 24.8 Å². The Morgan fingerprint density at radius 2 is 2.00 bits per heavy atom. The highest BCUT2D eigenvalue weighted by Gasteiger charge is 2.59. The normalized spacial score (nSPS) is 30.1. The third-order valence-corrected chi connectivity index (χ3v) is 7.93. The molecule has 1 saturated carbocycles. The summed E-state index contributed by atoms with van der Waals surface area (Å²) < 4.78 is 48.6. The maximum atomic E-state index is 15.3. The number of anilines is 2. The molecule has 5 atom stereocenters. The van der Waals surface area contributed by atoms with E-state index >= 15 is 4.39 Å². The number of nitrogens with one attached hydrogen (secondary N) is 1. The third kappa shape index (κ3) is 4.30. The number of fused-ring (bicyclic) bond motifs is 1. The van der Waals surface area contributed by atoms with Crippen molar-refractivity contribution in [1.82, 2.24) is 24.6 Å². The topological polar surface area (TPSA) is 88.3 Å². The van der Waals surface area contributed by atoms with Crippen LogP contribution in [0.5, 0.6) is 0 Å². The molecule has 1 unspecified atom stereocenters. The molecule has 3 fully saturated rings. The molecule has 3 aromatic rings. The molecule has 8 nitrogen and oxygen atoms in total. The molecule has 1 aromatic carbocycles. The molecule has 2 saturated heterocycles. The second-order valence-electron chi connectivity index (χ2n) is 9.60. The molecule has 192 valence electrons. The molecule has 2 N–H and O–H groups in total. The van der Waals surface area contributed by atoms with Crippen LogP contribution < -0.4 is 5.32 Å². The minimum absolute atomic E-state index is 0.0440. The van der Waals surface area contributed by atoms with Gasteiger partial charge in [-0.3, -0.25) is 4.90 Å². The van der Waals surface area contributed by atoms with Crippen molar-refractivity contribution in [2.24, 2.45) is 0 Å². The Morgan fingerprint density at radius 1 is 1.19 bits per heavy atom. The van der Waals surface area contributed by atoms with Crippen LogP contribution in [0.3, 0.4) is 0 Å². The van der Waals surface area contributed by atoms with Gasteiger partial charge in [-0.25, -0.2) is 27.8 Å². The lowest BCUT2D eigenvalue weighted by Gasteiger charge is -2.39. The number of aromatic nitrogens is 4. The van der Waals surface area contributed by atoms with E-state index in [0.717, 1.165) is 4.68 Å². The van der Waals surface area contributed by atoms with Gasteiger partial charge >= 0.3 is 0 Å². The number of rotatable bonds is 5. The Morgan fingerprint density at radius 3 is 2.69 bits per heavy atom. The predicted octanol–water partition coefficient (Wildman–Crippen LogP) is 4.34. The van der Waals surface area contributed by atoms with Gasteiger partial charge in [-0.2, -0.15) is 5.10 Å². The number of aliphatic hydroxyl groups excluding tert-OH is 1. The van der Waals surface area contributed by atoms with Crippen molar-refractivity contribution in [2.45, 2.75) is 49.0 Å². The summed E-state index contributed by atoms with van der Waals surface area (Å²) in [5.41, 5.74) is 1.52. The minimum Gasteiger partial charge on any atom is -0.389 e. The largest absolute Gasteiger partial charge is 0.389 e. The first kappa shape index (κ1) is 24.2. The Bertz CT molecular complexity index is 1310. The third-order valence-electron chi connectivity index (χ3n) is 7.23. The lowest BCUT2D eigenvalue weighted by molar-refractivity contribution is 0.0353. The number of likely N-dealkylation sites (tertiary alicyclic amines) is 1. The molecule has 0 amide bonds. The number of hydrogen-bond donors (Lipinski definition) is 2. The van der Waals surface area contributed by atoms with Crippen LogP contribution in [0.2, 0.25) is 10.2 Å². The van der Waals surface area contributed by atoms with Crippen molar-refractivity contribution >= 4 is 45.7 Å². The Kier molecular flexibility index (Phi) is 6.03. The summed E-state index contributed by atoms with van der Waals surface area (Å²) in [6.07, 6.45) is 1.38. The number of aliphatic hydroxyl groups is 1. The van der Waals surface area contributed by atoms with Crippen LogP contribution in [0.1, 0.15) is 30.4 Å². The van der Waals surface area contributed by atoms with Gasteiger partial charge in [-0.05, 0) is 30.7 Å². The van der Waals surface area contributed by atoms with Gasteiger partial charge in [0.15, 0.2) is 5.15 Å². The molecule has 36 heavy (non-hydrogen) atoms. The fraction of sp³-hybridized carbons (Fsp3) is 0.522. The van der Waals surface area contributed by atoms with Gasteiger partial charge in [-0.1, -0.05) is 23.2 Å². The van der Waals surface area contributed by atoms with Crippen molar-refractivity contribution in [3.63, 3.8) is 0 Å². The molecule has 1 aliphatic carbocycles. The van der Waals surface area contributed by atoms with E-state index in [-0.39, 0.29) is 36.7 Å². The van der Waals surface area contributed by atoms with E-state index in [1.165, 1.54) is 6.20 Å². The monoisotopic (exact) mass is 542 g/mol. The van der Waals surface area contributed by atoms with Crippen LogP contribution >= 0.6 is 23.2 Å². The minimum atomic E-state index is -2.81. The molecule has 6 rings (SSSR count). The fourth-order valence-electron chi connectivity index (χ4n) is 5.11. The summed E-state index contributed by atoms with van der Waals surface area (Å²) in [6.45, 7) is 1.47. The smallest absolute Gasteiger partial charge is 0.272 e. The van der Waals surface area contributed by atoms with Gasteiger partial charge < -0.3 is 15.2 Å². The molecular weight excluding hydrogens is 520 g/mol. The highest BCUT2D eigenvalue weighted by Crippen LogP contribution is 2.53. The van der Waals surface area contributed by atoms with E-state index in [1.807, 2.05) is 4.90 Å². The highest BCUT2D eigenvalue weighted by atomic mass is 35.5. The number of hydrogen-bond acceptors (Lipinski definition) is 7. The second kappa shape index (κ2) is 8.98. The van der Waals surface area contributed by atoms with Crippen LogP contribution in [-0.4, -0.2) is 80.3 Å². The zero-order chi connectivity index (χ0) is 25.2. The molecule has 0 spiro atoms. The Hall–Kier alpha value is -2.18. The Balaban J connectivity index is 1.22. The van der Waals surface area contributed by atoms with Crippen molar-refractivity contribution in [3.05, 3.63) is 40.3 Å². The SMILES string of the molecule is O[C@@H]1COC[C@@H]1N1CC[C@H](c2cc3nc(Nc4cnn(C5CC5(F)F)c4Cl)ncc3cc2Cl)[C@@H](F)C1. The van der Waals surface area contributed by atoms with Crippen LogP contribution in [-0.2, 0) is 4.74 Å². The van der Waals surface area contributed by atoms with E-state index in [0.29, 0.717) is 46.7 Å². The van der Waals surface area contributed by atoms with E-state index in [9.17, 15) is 13.9 Å². The summed E-state index contributed by atoms with van der Waals surface area (Å²) in [7, 11) is 0. The summed E-state index contributed by atoms with van der Waals surface area (Å²) in [5, 5.41) is 18.1. The zero-order valence-corrected chi connectivity index (χ0v) is 20.4. The van der Waals surface area contributed by atoms with Crippen molar-refractivity contribution in [1.29, 1.82) is 0 Å². The molecule has 0 bridgehead atoms. The first-order chi connectivity index (χ1) is 17.2. The molecule has 2 aromatic heterocycles. The standard InChI is InChI=1S/C23H23Cl2F3N6O2/c24-14-3-11-6-29-22(32-17-7-30-34(21(17)25)20-5-23(20,27)28)31-16(11)4-13(14)12-1-2-33(8-15(12)26)18-9-36-10-19(18)35/h3-4,6-7,12,15,18-20,35H,1-2,5,8-10H2,(H,29,31,32)/t12-,15+,18+,19-,20?/m1/s1. The first-order valence-corrected chi connectivity index (χ1v) is 12.4. The fourth-order valence-corrected chi connectivity index (χ4v) is 5.67. The van der Waals surface area contributed by atoms with Crippen molar-refractivity contribution in [3.8, 4) is 0 Å². The van der Waals surface area contributed by atoms with Gasteiger partial charge in [0.1, 0.15) is 12.2 Å². The van der Waals surface area contributed by atoms with E-state index < -0.39 is 30.2 Å². The number of piperidine rings is 1. The molecular formula is C23H23Cl2F3N6O2. The molecule has 13 heteroatoms. The number of nitrogens with zero attached hydrogens (tertiary/aromatic N) is 5. The number of benzene rings is 1. The second-order valence-corrected chi connectivity index (χ2v) is 10.4. The first-order valence-electron chi connectivity index (χ1n) is 11.7. The summed E-state index contributed by atoms with van der Waals surface area (Å²) in [5.74, 6) is -3.03. The van der Waals surface area contributed by atoms with Gasteiger partial charge in [0.05, 0.1) is 42.8 Å². The predicted molar refractivity (Wildman–Crippen MR) is 128 cm³/mol. The lowest BCUT2D eigenvalue weighted by atomic mass is 9.86. The molecule has 2 aliphatic heterocycles. The van der Waals surface area contributed by atoms with Crippen molar-refractivity contribution in [2.75, 3.05) is 31.6 Å². The summed E-state index contributed by atoms with van der Waals surface area (Å²) >= 11 is 12.8. The summed E-state index contributed by atoms with van der Waals surface area (Å²) in [4.78, 5) is 10.7. The van der Waals surface area contributed by atoms with Crippen molar-refractivity contribution < 1.29 is 23.0 Å². The lowest BCUT2D eigenvalue weighted by Crippen LogP contribution is -2.50. The molecule has 0 radical (unpaired) electrons. The molecule has 4 heterocycles. The van der Waals surface area contributed by atoms with E-state index in [1.54, 1.807) is 18.3 Å². The summed E-state index contributed by atoms with van der Waals surface area (Å²) in [6, 6.07) is 2.23. The van der Waals surface area contributed by atoms with E-state index in [4.69, 9.17) is 27.9 Å². The quantitative estimate of drug-likeness (QED) is 0.495. The van der Waals surface area contributed by atoms with Crippen LogP contribution in [0.25, 0.3) is 10.9 Å². The van der Waals surface area contributed by atoms with Gasteiger partial charge in [-0.15, -0.1) is 0 Å². The number of alkyl halides is 3. The van der Waals surface area contributed by atoms with Gasteiger partial charge in [0.2, 0.25) is 5.95 Å². The van der Waals surface area contributed by atoms with E-state index in [2.05, 4.69) is 20.4 Å². The van der Waals surface area contributed by atoms with Crippen LogP contribution in [0, 0.1) is 0 Å². The molecule has 3 aliphatic rings. The zero-order valence-electron chi connectivity index (χ0n) is 18.9. The van der Waals surface area contributed by atoms with Gasteiger partial charge in [0.25, 0.3) is 5.92 Å². The number of halogens is 5. The average molecular weight is 543 g/mol. The van der Waals surface area contributed by atoms with Crippen LogP contribution in [0.15, 0.2) is 24.5 Å². The van der Waals surface area contributed by atoms with Gasteiger partial charge in [0, 0.05) is 35.5 Å². The highest BCUT2D eigenvalue weighted by molar-refractivity contribution is 6.32. The maximum Gasteiger partial charge on any atom is 0.272 e. The average Bonchev–Trinajstić information content (AvgIpc) is 3.12. The maximum absolute atomic E-state index is 15.3. The number of ether oxygens (including phenoxy) is 1. The Labute approximate surface area is 214 Å².